The number of methoxy groups -OCH3 is 2. The zero-order chi connectivity index (χ0) is 26.9. The van der Waals surface area contributed by atoms with Crippen molar-refractivity contribution in [3.05, 3.63) is 116 Å². The maximum atomic E-state index is 14.2. The first kappa shape index (κ1) is 23.7. The Morgan fingerprint density at radius 1 is 1.08 bits per heavy atom. The van der Waals surface area contributed by atoms with Gasteiger partial charge in [-0.25, -0.2) is 4.98 Å². The van der Waals surface area contributed by atoms with Gasteiger partial charge in [0.25, 0.3) is 5.56 Å². The summed E-state index contributed by atoms with van der Waals surface area (Å²) in [5, 5.41) is 13.2. The fourth-order valence-corrected chi connectivity index (χ4v) is 6.74. The predicted octanol–water partition coefficient (Wildman–Crippen LogP) is 3.69. The van der Waals surface area contributed by atoms with Gasteiger partial charge in [0.2, 0.25) is 0 Å². The Labute approximate surface area is 224 Å². The van der Waals surface area contributed by atoms with E-state index in [4.69, 9.17) is 19.2 Å². The Morgan fingerprint density at radius 2 is 1.85 bits per heavy atom. The Morgan fingerprint density at radius 3 is 2.54 bits per heavy atom. The molecule has 0 unspecified atom stereocenters. The number of aldehydes is 1. The average molecular weight is 523 g/mol. The lowest BCUT2D eigenvalue weighted by Crippen LogP contribution is -2.49. The van der Waals surface area contributed by atoms with Crippen LogP contribution in [0.1, 0.15) is 56.5 Å². The number of benzene rings is 3. The van der Waals surface area contributed by atoms with Gasteiger partial charge < -0.3 is 19.3 Å². The van der Waals surface area contributed by atoms with Crippen molar-refractivity contribution in [2.45, 2.75) is 36.5 Å². The van der Waals surface area contributed by atoms with Gasteiger partial charge in [-0.15, -0.1) is 0 Å². The molecule has 3 aromatic carbocycles. The lowest BCUT2D eigenvalue weighted by molar-refractivity contribution is -0.0910. The van der Waals surface area contributed by atoms with E-state index in [1.807, 2.05) is 30.3 Å². The van der Waals surface area contributed by atoms with Gasteiger partial charge in [-0.2, -0.15) is 0 Å². The first-order valence-corrected chi connectivity index (χ1v) is 12.9. The zero-order valence-electron chi connectivity index (χ0n) is 21.5. The zero-order valence-corrected chi connectivity index (χ0v) is 21.5. The lowest BCUT2D eigenvalue weighted by atomic mass is 9.70. The molecule has 4 aromatic rings. The second-order valence-corrected chi connectivity index (χ2v) is 10.2. The molecule has 1 aromatic heterocycles. The fourth-order valence-electron chi connectivity index (χ4n) is 6.74. The van der Waals surface area contributed by atoms with E-state index in [1.54, 1.807) is 48.1 Å². The van der Waals surface area contributed by atoms with E-state index in [0.717, 1.165) is 18.3 Å². The highest BCUT2D eigenvalue weighted by Crippen LogP contribution is 2.69. The Kier molecular flexibility index (Phi) is 5.03. The van der Waals surface area contributed by atoms with E-state index < -0.39 is 17.1 Å². The van der Waals surface area contributed by atoms with Crippen LogP contribution in [0.2, 0.25) is 0 Å². The molecule has 0 spiro atoms. The van der Waals surface area contributed by atoms with Crippen LogP contribution in [0.3, 0.4) is 0 Å². The minimum absolute atomic E-state index is 0.175. The number of aryl methyl sites for hydroxylation is 1. The summed E-state index contributed by atoms with van der Waals surface area (Å²) in [7, 11) is 3.07. The fraction of sp³-hybridized carbons (Fsp3) is 0.258. The second-order valence-electron chi connectivity index (χ2n) is 10.2. The quantitative estimate of drug-likeness (QED) is 0.399. The van der Waals surface area contributed by atoms with E-state index in [1.165, 1.54) is 7.11 Å². The van der Waals surface area contributed by atoms with Crippen molar-refractivity contribution < 1.29 is 24.1 Å². The summed E-state index contributed by atoms with van der Waals surface area (Å²) in [5.74, 6) is 1.16. The Hall–Kier alpha value is -4.43. The molecule has 8 nitrogen and oxygen atoms in total. The Bertz CT molecular complexity index is 1700. The van der Waals surface area contributed by atoms with Gasteiger partial charge in [0.05, 0.1) is 37.0 Å². The largest absolute Gasteiger partial charge is 0.496 e. The highest BCUT2D eigenvalue weighted by Gasteiger charge is 2.74. The van der Waals surface area contributed by atoms with Crippen molar-refractivity contribution in [3.63, 3.8) is 0 Å². The van der Waals surface area contributed by atoms with E-state index in [9.17, 15) is 14.7 Å². The van der Waals surface area contributed by atoms with Crippen LogP contribution in [0.5, 0.6) is 17.2 Å². The third-order valence-electron chi connectivity index (χ3n) is 8.38. The van der Waals surface area contributed by atoms with E-state index >= 15 is 0 Å². The molecule has 3 atom stereocenters. The van der Waals surface area contributed by atoms with Gasteiger partial charge in [0.1, 0.15) is 29.4 Å². The van der Waals surface area contributed by atoms with E-state index in [2.05, 4.69) is 0 Å². The number of fused-ring (bicyclic) bond motifs is 6. The highest BCUT2D eigenvalue weighted by atomic mass is 16.5. The van der Waals surface area contributed by atoms with Gasteiger partial charge >= 0.3 is 0 Å². The first-order chi connectivity index (χ1) is 19.0. The van der Waals surface area contributed by atoms with Gasteiger partial charge in [0, 0.05) is 36.2 Å². The topological polar surface area (TPSA) is 99.9 Å². The van der Waals surface area contributed by atoms with Gasteiger partial charge in [-0.3, -0.25) is 14.2 Å². The van der Waals surface area contributed by atoms with E-state index in [-0.39, 0.29) is 11.3 Å². The summed E-state index contributed by atoms with van der Waals surface area (Å²) in [6.45, 7) is 0.577. The molecule has 0 radical (unpaired) electrons. The molecule has 1 N–H and O–H groups in total. The molecule has 39 heavy (non-hydrogen) atoms. The van der Waals surface area contributed by atoms with Gasteiger partial charge in [-0.05, 0) is 12.0 Å². The van der Waals surface area contributed by atoms with Crippen LogP contribution < -0.4 is 19.8 Å². The van der Waals surface area contributed by atoms with Crippen molar-refractivity contribution in [1.82, 2.24) is 9.55 Å². The molecule has 1 aliphatic carbocycles. The van der Waals surface area contributed by atoms with Crippen LogP contribution in [0.25, 0.3) is 0 Å². The molecule has 2 aliphatic heterocycles. The molecule has 0 fully saturated rings. The summed E-state index contributed by atoms with van der Waals surface area (Å²) >= 11 is 0. The molecule has 3 aliphatic rings. The van der Waals surface area contributed by atoms with Crippen molar-refractivity contribution in [2.24, 2.45) is 0 Å². The van der Waals surface area contributed by atoms with Crippen LogP contribution in [0.4, 0.5) is 0 Å². The third kappa shape index (κ3) is 2.89. The number of aliphatic hydroxyl groups is 1. The number of rotatable bonds is 5. The van der Waals surface area contributed by atoms with E-state index in [0.29, 0.717) is 58.3 Å². The predicted molar refractivity (Wildman–Crippen MR) is 142 cm³/mol. The number of hydrogen-bond donors (Lipinski definition) is 1. The number of ether oxygens (including phenoxy) is 3. The number of aromatic nitrogens is 2. The molecule has 3 heterocycles. The maximum absolute atomic E-state index is 14.2. The molecule has 0 amide bonds. The van der Waals surface area contributed by atoms with Crippen LogP contribution >= 0.6 is 0 Å². The van der Waals surface area contributed by atoms with Crippen molar-refractivity contribution in [3.8, 4) is 17.2 Å². The van der Waals surface area contributed by atoms with Gasteiger partial charge in [-0.1, -0.05) is 54.6 Å². The highest BCUT2D eigenvalue weighted by molar-refractivity contribution is 5.75. The van der Waals surface area contributed by atoms with Crippen molar-refractivity contribution in [2.75, 3.05) is 14.2 Å². The SMILES string of the molecule is COc1cc(OC)c2c(c1)O[C@@]1(c3ccc(C=O)cc3)[C@H](c3ccccc3)c3c(nc4n(c3=O)CCC4)[C@@]21O. The van der Waals surface area contributed by atoms with Crippen LogP contribution in [-0.2, 0) is 24.2 Å². The molecule has 0 saturated carbocycles. The molecule has 196 valence electrons. The third-order valence-corrected chi connectivity index (χ3v) is 8.38. The molecule has 0 bridgehead atoms. The second kappa shape index (κ2) is 8.28. The number of carbonyl (C=O) groups is 1. The monoisotopic (exact) mass is 522 g/mol. The van der Waals surface area contributed by atoms with Crippen LogP contribution in [0, 0.1) is 0 Å². The normalized spacial score (nSPS) is 23.8. The summed E-state index contributed by atoms with van der Waals surface area (Å²) in [6.07, 6.45) is 2.22. The summed E-state index contributed by atoms with van der Waals surface area (Å²) in [6, 6.07) is 19.9. The summed E-state index contributed by atoms with van der Waals surface area (Å²) in [4.78, 5) is 30.7. The Balaban J connectivity index is 1.65. The number of hydrogen-bond acceptors (Lipinski definition) is 7. The van der Waals surface area contributed by atoms with Crippen LogP contribution in [-0.4, -0.2) is 35.2 Å². The first-order valence-electron chi connectivity index (χ1n) is 12.9. The standard InChI is InChI=1S/C31H26N2O6/c1-37-21-15-22(38-2)27-23(16-21)39-31(20-12-10-18(17-34)11-13-20)26(19-7-4-3-5-8-19)25-28(30(27,31)36)32-24-9-6-14-33(24)29(25)35/h3-5,7-8,10-13,15-17,26,36H,6,9,14H2,1-2H3/t26-,30+,31+/m1/s1. The van der Waals surface area contributed by atoms with Crippen molar-refractivity contribution in [1.29, 1.82) is 0 Å². The molecule has 7 rings (SSSR count). The minimum atomic E-state index is -1.89. The molecule has 0 saturated heterocycles. The summed E-state index contributed by atoms with van der Waals surface area (Å²) in [5.41, 5.74) is -0.650. The molecular weight excluding hydrogens is 496 g/mol. The van der Waals surface area contributed by atoms with Gasteiger partial charge in [0.15, 0.2) is 11.2 Å². The molecule has 8 heteroatoms. The van der Waals surface area contributed by atoms with Crippen molar-refractivity contribution >= 4 is 6.29 Å². The number of carbonyl (C=O) groups excluding carboxylic acids is 1. The maximum Gasteiger partial charge on any atom is 0.257 e. The number of nitrogens with zero attached hydrogens (tertiary/aromatic N) is 2. The minimum Gasteiger partial charge on any atom is -0.496 e. The lowest BCUT2D eigenvalue weighted by Gasteiger charge is -2.40. The smallest absolute Gasteiger partial charge is 0.257 e. The summed E-state index contributed by atoms with van der Waals surface area (Å²) < 4.78 is 19.9. The average Bonchev–Trinajstić information content (AvgIpc) is 3.62. The van der Waals surface area contributed by atoms with Crippen LogP contribution in [0.15, 0.2) is 71.5 Å². The molecular formula is C31H26N2O6.